The van der Waals surface area contributed by atoms with Gasteiger partial charge in [0.25, 0.3) is 0 Å². The monoisotopic (exact) mass is 345 g/mol. The lowest BCUT2D eigenvalue weighted by Crippen LogP contribution is -2.52. The van der Waals surface area contributed by atoms with E-state index in [9.17, 15) is 4.79 Å². The molecule has 0 aromatic carbocycles. The minimum atomic E-state index is 0.0887. The third kappa shape index (κ3) is 5.68. The van der Waals surface area contributed by atoms with Crippen LogP contribution in [0.25, 0.3) is 0 Å². The Labute approximate surface area is 151 Å². The van der Waals surface area contributed by atoms with Crippen molar-refractivity contribution < 1.29 is 4.79 Å². The number of pyridine rings is 1. The van der Waals surface area contributed by atoms with E-state index in [1.807, 2.05) is 23.2 Å². The second kappa shape index (κ2) is 9.15. The molecule has 0 unspecified atom stereocenters. The van der Waals surface area contributed by atoms with Gasteiger partial charge in [-0.25, -0.2) is 4.79 Å². The summed E-state index contributed by atoms with van der Waals surface area (Å²) in [7, 11) is 0. The molecule has 2 aliphatic heterocycles. The molecule has 0 radical (unpaired) electrons. The molecular weight excluding hydrogens is 314 g/mol. The van der Waals surface area contributed by atoms with Gasteiger partial charge in [0.1, 0.15) is 0 Å². The lowest BCUT2D eigenvalue weighted by Gasteiger charge is -2.34. The van der Waals surface area contributed by atoms with Crippen LogP contribution in [0.3, 0.4) is 0 Å². The fourth-order valence-electron chi connectivity index (χ4n) is 3.67. The second-order valence-electron chi connectivity index (χ2n) is 7.38. The summed E-state index contributed by atoms with van der Waals surface area (Å²) in [6, 6.07) is 6.11. The van der Waals surface area contributed by atoms with Gasteiger partial charge in [-0.15, -0.1) is 0 Å². The summed E-state index contributed by atoms with van der Waals surface area (Å²) in [6.07, 6.45) is 4.48. The molecule has 25 heavy (non-hydrogen) atoms. The highest BCUT2D eigenvalue weighted by Crippen LogP contribution is 2.10. The summed E-state index contributed by atoms with van der Waals surface area (Å²) in [6.45, 7) is 10.8. The van der Waals surface area contributed by atoms with Crippen LogP contribution in [0.5, 0.6) is 0 Å². The lowest BCUT2D eigenvalue weighted by atomic mass is 10.1. The summed E-state index contributed by atoms with van der Waals surface area (Å²) in [5.41, 5.74) is 1.09. The van der Waals surface area contributed by atoms with Crippen LogP contribution in [0.15, 0.2) is 24.4 Å². The Morgan fingerprint density at radius 3 is 2.56 bits per heavy atom. The Kier molecular flexibility index (Phi) is 6.64. The van der Waals surface area contributed by atoms with Crippen molar-refractivity contribution in [1.29, 1.82) is 0 Å². The number of likely N-dealkylation sites (tertiary alicyclic amines) is 1. The Balaban J connectivity index is 1.33. The van der Waals surface area contributed by atoms with Crippen molar-refractivity contribution in [2.24, 2.45) is 5.92 Å². The molecule has 0 saturated carbocycles. The van der Waals surface area contributed by atoms with Crippen LogP contribution in [0.1, 0.15) is 25.5 Å². The fraction of sp³-hybridized carbons (Fsp3) is 0.684. The van der Waals surface area contributed by atoms with Crippen LogP contribution in [-0.4, -0.2) is 78.1 Å². The zero-order chi connectivity index (χ0) is 17.5. The first-order valence-electron chi connectivity index (χ1n) is 9.58. The molecule has 2 fully saturated rings. The fourth-order valence-corrected chi connectivity index (χ4v) is 3.67. The number of urea groups is 1. The minimum Gasteiger partial charge on any atom is -0.338 e. The average Bonchev–Trinajstić information content (AvgIpc) is 3.14. The number of hydrogen-bond donors (Lipinski definition) is 1. The molecule has 0 spiro atoms. The number of amides is 2. The number of aromatic nitrogens is 1. The number of nitrogens with one attached hydrogen (secondary N) is 1. The van der Waals surface area contributed by atoms with Gasteiger partial charge in [-0.2, -0.15) is 0 Å². The van der Waals surface area contributed by atoms with Crippen LogP contribution < -0.4 is 5.32 Å². The first kappa shape index (κ1) is 18.1. The van der Waals surface area contributed by atoms with Crippen molar-refractivity contribution in [3.63, 3.8) is 0 Å². The predicted molar refractivity (Wildman–Crippen MR) is 99.3 cm³/mol. The van der Waals surface area contributed by atoms with Gasteiger partial charge < -0.3 is 15.1 Å². The van der Waals surface area contributed by atoms with Gasteiger partial charge in [0.2, 0.25) is 0 Å². The molecule has 3 heterocycles. The SMILES string of the molecule is C[C@H](CNC(=O)N1CCN(Cc2ccccn2)CC1)CN1CCCC1. The van der Waals surface area contributed by atoms with Crippen molar-refractivity contribution in [2.75, 3.05) is 52.4 Å². The van der Waals surface area contributed by atoms with Crippen molar-refractivity contribution in [1.82, 2.24) is 25.0 Å². The van der Waals surface area contributed by atoms with Gasteiger partial charge >= 0.3 is 6.03 Å². The summed E-state index contributed by atoms with van der Waals surface area (Å²) in [5.74, 6) is 0.507. The standard InChI is InChI=1S/C19H31N5O/c1-17(15-22-8-4-5-9-22)14-21-19(25)24-12-10-23(11-13-24)16-18-6-2-3-7-20-18/h2-3,6-7,17H,4-5,8-16H2,1H3,(H,21,25)/t17-/m1/s1. The van der Waals surface area contributed by atoms with Gasteiger partial charge in [-0.1, -0.05) is 13.0 Å². The predicted octanol–water partition coefficient (Wildman–Crippen LogP) is 1.64. The number of nitrogens with zero attached hydrogens (tertiary/aromatic N) is 4. The molecule has 3 rings (SSSR count). The van der Waals surface area contributed by atoms with Crippen molar-refractivity contribution in [2.45, 2.75) is 26.3 Å². The van der Waals surface area contributed by atoms with E-state index in [0.717, 1.165) is 51.5 Å². The van der Waals surface area contributed by atoms with Crippen LogP contribution in [0, 0.1) is 5.92 Å². The molecule has 2 aliphatic rings. The smallest absolute Gasteiger partial charge is 0.317 e. The number of piperazine rings is 1. The number of hydrogen-bond acceptors (Lipinski definition) is 4. The largest absolute Gasteiger partial charge is 0.338 e. The molecule has 1 atom stereocenters. The van der Waals surface area contributed by atoms with Gasteiger partial charge in [0.05, 0.1) is 5.69 Å². The lowest BCUT2D eigenvalue weighted by molar-refractivity contribution is 0.133. The highest BCUT2D eigenvalue weighted by molar-refractivity contribution is 5.74. The minimum absolute atomic E-state index is 0.0887. The highest BCUT2D eigenvalue weighted by atomic mass is 16.2. The van der Waals surface area contributed by atoms with Gasteiger partial charge in [-0.05, 0) is 44.0 Å². The maximum Gasteiger partial charge on any atom is 0.317 e. The maximum atomic E-state index is 12.4. The zero-order valence-electron chi connectivity index (χ0n) is 15.4. The van der Waals surface area contributed by atoms with Crippen molar-refractivity contribution in [3.05, 3.63) is 30.1 Å². The van der Waals surface area contributed by atoms with E-state index < -0.39 is 0 Å². The van der Waals surface area contributed by atoms with E-state index in [4.69, 9.17) is 0 Å². The van der Waals surface area contributed by atoms with Crippen LogP contribution >= 0.6 is 0 Å². The number of rotatable bonds is 6. The van der Waals surface area contributed by atoms with Crippen LogP contribution in [0.4, 0.5) is 4.79 Å². The molecule has 1 N–H and O–H groups in total. The molecule has 2 saturated heterocycles. The molecular formula is C19H31N5O. The summed E-state index contributed by atoms with van der Waals surface area (Å²) >= 11 is 0. The van der Waals surface area contributed by atoms with Crippen LogP contribution in [-0.2, 0) is 6.54 Å². The quantitative estimate of drug-likeness (QED) is 0.852. The molecule has 0 bridgehead atoms. The van der Waals surface area contributed by atoms with Crippen molar-refractivity contribution in [3.8, 4) is 0 Å². The topological polar surface area (TPSA) is 51.7 Å². The first-order chi connectivity index (χ1) is 12.2. The molecule has 6 nitrogen and oxygen atoms in total. The molecule has 138 valence electrons. The Morgan fingerprint density at radius 2 is 1.88 bits per heavy atom. The summed E-state index contributed by atoms with van der Waals surface area (Å²) in [5, 5.41) is 3.12. The molecule has 2 amide bonds. The molecule has 1 aromatic rings. The molecule has 0 aliphatic carbocycles. The van der Waals surface area contributed by atoms with Crippen molar-refractivity contribution >= 4 is 6.03 Å². The summed E-state index contributed by atoms with van der Waals surface area (Å²) in [4.78, 5) is 23.6. The second-order valence-corrected chi connectivity index (χ2v) is 7.38. The van der Waals surface area contributed by atoms with E-state index in [1.165, 1.54) is 25.9 Å². The van der Waals surface area contributed by atoms with Gasteiger partial charge in [-0.3, -0.25) is 9.88 Å². The van der Waals surface area contributed by atoms with Gasteiger partial charge in [0, 0.05) is 52.0 Å². The maximum absolute atomic E-state index is 12.4. The van der Waals surface area contributed by atoms with E-state index in [0.29, 0.717) is 5.92 Å². The third-order valence-electron chi connectivity index (χ3n) is 5.14. The number of carbonyl (C=O) groups excluding carboxylic acids is 1. The average molecular weight is 345 g/mol. The van der Waals surface area contributed by atoms with E-state index >= 15 is 0 Å². The Morgan fingerprint density at radius 1 is 1.12 bits per heavy atom. The Hall–Kier alpha value is -1.66. The highest BCUT2D eigenvalue weighted by Gasteiger charge is 2.22. The number of carbonyl (C=O) groups is 1. The molecule has 1 aromatic heterocycles. The van der Waals surface area contributed by atoms with Gasteiger partial charge in [0.15, 0.2) is 0 Å². The third-order valence-corrected chi connectivity index (χ3v) is 5.14. The molecule has 6 heteroatoms. The van der Waals surface area contributed by atoms with E-state index in [-0.39, 0.29) is 6.03 Å². The van der Waals surface area contributed by atoms with Crippen LogP contribution in [0.2, 0.25) is 0 Å². The summed E-state index contributed by atoms with van der Waals surface area (Å²) < 4.78 is 0. The Bertz CT molecular complexity index is 524. The zero-order valence-corrected chi connectivity index (χ0v) is 15.4. The van der Waals surface area contributed by atoms with E-state index in [1.54, 1.807) is 0 Å². The van der Waals surface area contributed by atoms with E-state index in [2.05, 4.69) is 33.1 Å². The first-order valence-corrected chi connectivity index (χ1v) is 9.58. The normalized spacial score (nSPS) is 20.6.